The molecule has 86 valence electrons. The van der Waals surface area contributed by atoms with Crippen molar-refractivity contribution in [3.63, 3.8) is 0 Å². The number of aromatic hydroxyl groups is 1. The minimum absolute atomic E-state index is 0.357. The molecule has 4 rings (SSSR count). The summed E-state index contributed by atoms with van der Waals surface area (Å²) in [5.41, 5.74) is 0. The van der Waals surface area contributed by atoms with Gasteiger partial charge in [-0.25, -0.2) is 0 Å². The first kappa shape index (κ1) is 10.4. The van der Waals surface area contributed by atoms with E-state index >= 15 is 0 Å². The first-order valence-corrected chi connectivity index (χ1v) is 6.88. The monoisotopic (exact) mass is 344 g/mol. The second-order valence-electron chi connectivity index (χ2n) is 4.55. The lowest BCUT2D eigenvalue weighted by Gasteiger charge is -2.12. The quantitative estimate of drug-likeness (QED) is 0.356. The molecule has 1 N–H and O–H groups in total. The summed E-state index contributed by atoms with van der Waals surface area (Å²) in [5.74, 6) is 0.357. The molecule has 0 unspecified atom stereocenters. The number of phenolic OH excluding ortho intramolecular Hbond substituents is 1. The number of benzene rings is 4. The van der Waals surface area contributed by atoms with Crippen molar-refractivity contribution in [2.24, 2.45) is 0 Å². The molecule has 0 fully saturated rings. The highest BCUT2D eigenvalue weighted by Crippen LogP contribution is 2.39. The third kappa shape index (κ3) is 1.21. The molecule has 0 saturated carbocycles. The van der Waals surface area contributed by atoms with Crippen LogP contribution in [0.25, 0.3) is 32.3 Å². The van der Waals surface area contributed by atoms with E-state index in [0.29, 0.717) is 5.75 Å². The Morgan fingerprint density at radius 2 is 1.22 bits per heavy atom. The summed E-state index contributed by atoms with van der Waals surface area (Å²) in [6.45, 7) is 0. The van der Waals surface area contributed by atoms with Crippen molar-refractivity contribution in [3.8, 4) is 5.75 Å². The van der Waals surface area contributed by atoms with Gasteiger partial charge in [0.15, 0.2) is 0 Å². The van der Waals surface area contributed by atoms with Gasteiger partial charge in [-0.2, -0.15) is 0 Å². The van der Waals surface area contributed by atoms with E-state index in [1.165, 1.54) is 30.5 Å². The molecule has 4 aromatic carbocycles. The molecule has 4 aromatic rings. The zero-order valence-corrected chi connectivity index (χ0v) is 11.6. The van der Waals surface area contributed by atoms with Crippen LogP contribution in [0, 0.1) is 3.57 Å². The van der Waals surface area contributed by atoms with Crippen molar-refractivity contribution in [3.05, 3.63) is 52.1 Å². The summed E-state index contributed by atoms with van der Waals surface area (Å²) >= 11 is 2.37. The van der Waals surface area contributed by atoms with Crippen LogP contribution >= 0.6 is 22.6 Å². The van der Waals surface area contributed by atoms with Crippen LogP contribution in [0.3, 0.4) is 0 Å². The van der Waals surface area contributed by atoms with E-state index in [1.54, 1.807) is 6.07 Å². The molecule has 0 atom stereocenters. The Bertz CT molecular complexity index is 820. The fourth-order valence-corrected chi connectivity index (χ4v) is 3.38. The average Bonchev–Trinajstić information content (AvgIpc) is 2.40. The molecule has 0 aliphatic heterocycles. The highest BCUT2D eigenvalue weighted by Gasteiger charge is 2.11. The molecule has 0 spiro atoms. The number of hydrogen-bond acceptors (Lipinski definition) is 1. The van der Waals surface area contributed by atoms with Crippen LogP contribution in [-0.4, -0.2) is 5.11 Å². The lowest BCUT2D eigenvalue weighted by Crippen LogP contribution is -1.85. The smallest absolute Gasteiger partial charge is 0.123 e. The van der Waals surface area contributed by atoms with E-state index in [0.717, 1.165) is 5.39 Å². The van der Waals surface area contributed by atoms with E-state index in [2.05, 4.69) is 52.9 Å². The molecule has 0 saturated heterocycles. The van der Waals surface area contributed by atoms with Crippen molar-refractivity contribution in [1.29, 1.82) is 0 Å². The second-order valence-corrected chi connectivity index (χ2v) is 5.72. The Morgan fingerprint density at radius 1 is 0.667 bits per heavy atom. The molecule has 0 bridgehead atoms. The Balaban J connectivity index is 2.47. The van der Waals surface area contributed by atoms with E-state index in [-0.39, 0.29) is 0 Å². The van der Waals surface area contributed by atoms with Gasteiger partial charge in [0.1, 0.15) is 5.75 Å². The van der Waals surface area contributed by atoms with Gasteiger partial charge < -0.3 is 5.11 Å². The van der Waals surface area contributed by atoms with Crippen molar-refractivity contribution in [1.82, 2.24) is 0 Å². The zero-order chi connectivity index (χ0) is 12.3. The second kappa shape index (κ2) is 3.48. The Morgan fingerprint density at radius 3 is 2.00 bits per heavy atom. The maximum Gasteiger partial charge on any atom is 0.123 e. The molecule has 0 aliphatic rings. The molecule has 0 heterocycles. The fourth-order valence-electron chi connectivity index (χ4n) is 2.75. The summed E-state index contributed by atoms with van der Waals surface area (Å²) in [6, 6.07) is 16.4. The molecule has 18 heavy (non-hydrogen) atoms. The van der Waals surface area contributed by atoms with Crippen LogP contribution in [0.1, 0.15) is 0 Å². The van der Waals surface area contributed by atoms with Gasteiger partial charge in [-0.05, 0) is 56.3 Å². The average molecular weight is 344 g/mol. The van der Waals surface area contributed by atoms with Crippen LogP contribution in [-0.2, 0) is 0 Å². The molecule has 0 amide bonds. The maximum atomic E-state index is 10.0. The van der Waals surface area contributed by atoms with Gasteiger partial charge in [-0.1, -0.05) is 36.4 Å². The van der Waals surface area contributed by atoms with Crippen LogP contribution < -0.4 is 0 Å². The highest BCUT2D eigenvalue weighted by molar-refractivity contribution is 14.1. The molecule has 0 aliphatic carbocycles. The van der Waals surface area contributed by atoms with E-state index in [4.69, 9.17) is 0 Å². The molecule has 1 nitrogen and oxygen atoms in total. The van der Waals surface area contributed by atoms with Crippen molar-refractivity contribution >= 4 is 54.9 Å². The Hall–Kier alpha value is -1.55. The molecule has 0 aromatic heterocycles. The van der Waals surface area contributed by atoms with Crippen molar-refractivity contribution in [2.45, 2.75) is 0 Å². The van der Waals surface area contributed by atoms with E-state index in [9.17, 15) is 5.11 Å². The van der Waals surface area contributed by atoms with Crippen molar-refractivity contribution in [2.75, 3.05) is 0 Å². The standard InChI is InChI=1S/C16H9IO/c17-13-7-3-9-2-6-12-14(18)8-4-10-1-5-11(13)15(9)16(10)12/h1-8,18H. The van der Waals surface area contributed by atoms with Crippen LogP contribution in [0.5, 0.6) is 5.75 Å². The first-order chi connectivity index (χ1) is 8.75. The summed E-state index contributed by atoms with van der Waals surface area (Å²) in [5, 5.41) is 17.1. The number of phenols is 1. The van der Waals surface area contributed by atoms with Gasteiger partial charge in [-0.3, -0.25) is 0 Å². The lowest BCUT2D eigenvalue weighted by atomic mass is 9.94. The third-order valence-corrected chi connectivity index (χ3v) is 4.53. The van der Waals surface area contributed by atoms with E-state index in [1.807, 2.05) is 12.1 Å². The van der Waals surface area contributed by atoms with Crippen LogP contribution in [0.2, 0.25) is 0 Å². The van der Waals surface area contributed by atoms with Gasteiger partial charge in [-0.15, -0.1) is 0 Å². The van der Waals surface area contributed by atoms with Gasteiger partial charge in [0.05, 0.1) is 0 Å². The van der Waals surface area contributed by atoms with Gasteiger partial charge in [0.25, 0.3) is 0 Å². The number of rotatable bonds is 0. The van der Waals surface area contributed by atoms with Gasteiger partial charge >= 0.3 is 0 Å². The number of hydrogen-bond donors (Lipinski definition) is 1. The predicted molar refractivity (Wildman–Crippen MR) is 84.5 cm³/mol. The Labute approximate surface area is 118 Å². The predicted octanol–water partition coefficient (Wildman–Crippen LogP) is 4.89. The molecule has 0 radical (unpaired) electrons. The topological polar surface area (TPSA) is 20.2 Å². The van der Waals surface area contributed by atoms with Crippen LogP contribution in [0.4, 0.5) is 0 Å². The van der Waals surface area contributed by atoms with Crippen LogP contribution in [0.15, 0.2) is 48.5 Å². The van der Waals surface area contributed by atoms with E-state index < -0.39 is 0 Å². The summed E-state index contributed by atoms with van der Waals surface area (Å²) in [6.07, 6.45) is 0. The maximum absolute atomic E-state index is 10.0. The highest BCUT2D eigenvalue weighted by atomic mass is 127. The SMILES string of the molecule is Oc1ccc2ccc3c(I)ccc4ccc1c2c43. The molecular formula is C16H9IO. The third-order valence-electron chi connectivity index (χ3n) is 3.59. The van der Waals surface area contributed by atoms with Gasteiger partial charge in [0, 0.05) is 14.3 Å². The van der Waals surface area contributed by atoms with Crippen molar-refractivity contribution < 1.29 is 5.11 Å². The zero-order valence-electron chi connectivity index (χ0n) is 9.44. The first-order valence-electron chi connectivity index (χ1n) is 5.81. The van der Waals surface area contributed by atoms with Gasteiger partial charge in [0.2, 0.25) is 0 Å². The largest absolute Gasteiger partial charge is 0.507 e. The molecule has 2 heteroatoms. The minimum Gasteiger partial charge on any atom is -0.507 e. The summed E-state index contributed by atoms with van der Waals surface area (Å²) < 4.78 is 1.25. The minimum atomic E-state index is 0.357. The lowest BCUT2D eigenvalue weighted by molar-refractivity contribution is 0.482. The summed E-state index contributed by atoms with van der Waals surface area (Å²) in [7, 11) is 0. The number of halogens is 1. The Kier molecular flexibility index (Phi) is 2.01. The normalized spacial score (nSPS) is 11.8. The summed E-state index contributed by atoms with van der Waals surface area (Å²) in [4.78, 5) is 0. The molecular weight excluding hydrogens is 335 g/mol. The fraction of sp³-hybridized carbons (Fsp3) is 0.